The van der Waals surface area contributed by atoms with Gasteiger partial charge >= 0.3 is 33.4 Å². The second kappa shape index (κ2) is 5.22. The van der Waals surface area contributed by atoms with Gasteiger partial charge in [-0.2, -0.15) is 47.9 Å². The fourth-order valence-corrected chi connectivity index (χ4v) is 1.62. The lowest BCUT2D eigenvalue weighted by molar-refractivity contribution is -0.382. The molecule has 0 saturated heterocycles. The highest BCUT2D eigenvalue weighted by molar-refractivity contribution is 7.87. The third kappa shape index (κ3) is 2.81. The van der Waals surface area contributed by atoms with Crippen LogP contribution in [0.3, 0.4) is 0 Å². The Morgan fingerprint density at radius 3 is 1.55 bits per heavy atom. The molecule has 0 atom stereocenters. The predicted molar refractivity (Wildman–Crippen MR) is 42.9 cm³/mol. The second-order valence-electron chi connectivity index (χ2n) is 3.16. The Labute approximate surface area is 105 Å². The molecule has 0 aromatic heterocycles. The van der Waals surface area contributed by atoms with Crippen molar-refractivity contribution in [3.63, 3.8) is 0 Å². The summed E-state index contributed by atoms with van der Waals surface area (Å²) in [5.41, 5.74) is 0. The Bertz CT molecular complexity index is 440. The van der Waals surface area contributed by atoms with Gasteiger partial charge in [0, 0.05) is 0 Å². The Morgan fingerprint density at radius 2 is 1.25 bits per heavy atom. The van der Waals surface area contributed by atoms with E-state index in [9.17, 15) is 47.9 Å². The molecule has 20 heavy (non-hydrogen) atoms. The molecule has 14 heteroatoms. The molecule has 0 radical (unpaired) electrons. The van der Waals surface area contributed by atoms with Crippen molar-refractivity contribution in [2.24, 2.45) is 0 Å². The highest BCUT2D eigenvalue weighted by Crippen LogP contribution is 2.54. The zero-order valence-corrected chi connectivity index (χ0v) is 9.71. The Kier molecular flexibility index (Phi) is 5.02. The Balaban J connectivity index is 5.82. The molecule has 0 rings (SSSR count). The lowest BCUT2D eigenvalue weighted by Gasteiger charge is -2.32. The summed E-state index contributed by atoms with van der Waals surface area (Å²) < 4.78 is 135. The van der Waals surface area contributed by atoms with E-state index in [1.165, 1.54) is 0 Å². The fraction of sp³-hybridized carbons (Fsp3) is 1.00. The van der Waals surface area contributed by atoms with E-state index in [2.05, 4.69) is 4.18 Å². The number of hydrogen-bond acceptors (Lipinski definition) is 4. The lowest BCUT2D eigenvalue weighted by atomic mass is 10.1. The number of alkyl halides is 9. The van der Waals surface area contributed by atoms with Gasteiger partial charge in [-0.3, -0.25) is 4.18 Å². The molecule has 4 nitrogen and oxygen atoms in total. The van der Waals surface area contributed by atoms with Crippen molar-refractivity contribution in [1.82, 2.24) is 0 Å². The maximum atomic E-state index is 12.8. The van der Waals surface area contributed by atoms with Crippen LogP contribution in [-0.4, -0.2) is 50.0 Å². The first-order valence-corrected chi connectivity index (χ1v) is 5.67. The first-order valence-electron chi connectivity index (χ1n) is 4.26. The highest BCUT2D eigenvalue weighted by Gasteiger charge is 2.85. The largest absolute Gasteiger partial charge is 0.460 e. The number of hydrogen-bond donors (Lipinski definition) is 1. The minimum Gasteiger partial charge on any atom is -0.394 e. The summed E-state index contributed by atoms with van der Waals surface area (Å²) in [6, 6.07) is 0. The van der Waals surface area contributed by atoms with Crippen molar-refractivity contribution in [3.8, 4) is 0 Å². The smallest absolute Gasteiger partial charge is 0.394 e. The van der Waals surface area contributed by atoms with Crippen molar-refractivity contribution in [2.45, 2.75) is 23.3 Å². The van der Waals surface area contributed by atoms with Gasteiger partial charge in [0.1, 0.15) is 0 Å². The molecule has 0 amide bonds. The van der Waals surface area contributed by atoms with E-state index in [1.54, 1.807) is 0 Å². The summed E-state index contributed by atoms with van der Waals surface area (Å²) >= 11 is 0. The molecule has 0 aliphatic heterocycles. The number of aliphatic hydroxyl groups is 1. The molecule has 0 aromatic rings. The van der Waals surface area contributed by atoms with Crippen LogP contribution in [0.5, 0.6) is 0 Å². The maximum Gasteiger partial charge on any atom is 0.460 e. The average molecular weight is 344 g/mol. The van der Waals surface area contributed by atoms with Gasteiger partial charge in [-0.1, -0.05) is 0 Å². The summed E-state index contributed by atoms with van der Waals surface area (Å²) in [5, 5.41) is 1.16. The SMILES string of the molecule is O=S(=O)(OCCO)C(F)(F)C(F)(F)C(F)(F)C(F)(F)F. The molecule has 0 aromatic carbocycles. The van der Waals surface area contributed by atoms with E-state index in [4.69, 9.17) is 5.11 Å². The summed E-state index contributed by atoms with van der Waals surface area (Å²) in [5.74, 6) is -14.7. The van der Waals surface area contributed by atoms with Gasteiger partial charge in [0.25, 0.3) is 0 Å². The molecule has 0 bridgehead atoms. The molecule has 0 aliphatic rings. The maximum absolute atomic E-state index is 12.8. The quantitative estimate of drug-likeness (QED) is 0.589. The minimum atomic E-state index is -7.33. The number of halogens is 9. The third-order valence-corrected chi connectivity index (χ3v) is 3.12. The van der Waals surface area contributed by atoms with Gasteiger partial charge in [0.05, 0.1) is 13.2 Å². The summed E-state index contributed by atoms with van der Waals surface area (Å²) in [7, 11) is -6.85. The molecule has 0 unspecified atom stereocenters. The molecular formula is C6H5F9O4S. The predicted octanol–water partition coefficient (Wildman–Crippen LogP) is 1.75. The minimum absolute atomic E-state index is 1.30. The molecule has 0 spiro atoms. The van der Waals surface area contributed by atoms with E-state index >= 15 is 0 Å². The van der Waals surface area contributed by atoms with Crippen LogP contribution < -0.4 is 0 Å². The van der Waals surface area contributed by atoms with Crippen LogP contribution in [-0.2, 0) is 14.3 Å². The Morgan fingerprint density at radius 1 is 0.850 bits per heavy atom. The zero-order valence-electron chi connectivity index (χ0n) is 8.90. The van der Waals surface area contributed by atoms with Gasteiger partial charge in [0.2, 0.25) is 0 Å². The van der Waals surface area contributed by atoms with Crippen molar-refractivity contribution in [1.29, 1.82) is 0 Å². The lowest BCUT2D eigenvalue weighted by Crippen LogP contribution is -2.63. The van der Waals surface area contributed by atoms with Gasteiger partial charge in [-0.05, 0) is 0 Å². The molecule has 1 N–H and O–H groups in total. The highest BCUT2D eigenvalue weighted by atomic mass is 32.2. The van der Waals surface area contributed by atoms with E-state index in [-0.39, 0.29) is 0 Å². The summed E-state index contributed by atoms with van der Waals surface area (Å²) in [4.78, 5) is 0. The molecular weight excluding hydrogens is 339 g/mol. The van der Waals surface area contributed by atoms with Crippen LogP contribution in [0, 0.1) is 0 Å². The fourth-order valence-electron chi connectivity index (χ4n) is 0.739. The second-order valence-corrected chi connectivity index (χ2v) is 4.82. The van der Waals surface area contributed by atoms with Gasteiger partial charge in [0.15, 0.2) is 0 Å². The molecule has 0 saturated carbocycles. The molecule has 122 valence electrons. The average Bonchev–Trinajstić information content (AvgIpc) is 2.24. The molecule has 0 fully saturated rings. The standard InChI is InChI=1S/C6H5F9O4S/c7-3(8,5(11,12)13)4(9,10)6(14,15)20(17,18)19-2-1-16/h16H,1-2H2. The number of aliphatic hydroxyl groups excluding tert-OH is 1. The number of rotatable bonds is 6. The van der Waals surface area contributed by atoms with Crippen LogP contribution in [0.15, 0.2) is 0 Å². The first-order chi connectivity index (χ1) is 8.56. The van der Waals surface area contributed by atoms with Crippen LogP contribution in [0.1, 0.15) is 0 Å². The van der Waals surface area contributed by atoms with Crippen LogP contribution in [0.25, 0.3) is 0 Å². The van der Waals surface area contributed by atoms with Gasteiger partial charge < -0.3 is 5.11 Å². The zero-order chi connectivity index (χ0) is 16.6. The normalized spacial score (nSPS) is 15.5. The monoisotopic (exact) mass is 344 g/mol. The summed E-state index contributed by atoms with van der Waals surface area (Å²) in [6.07, 6.45) is -7.13. The first kappa shape index (κ1) is 19.2. The molecule has 0 heterocycles. The van der Waals surface area contributed by atoms with Crippen LogP contribution in [0.2, 0.25) is 0 Å². The van der Waals surface area contributed by atoms with Gasteiger partial charge in [-0.25, -0.2) is 0 Å². The van der Waals surface area contributed by atoms with E-state index in [0.717, 1.165) is 0 Å². The topological polar surface area (TPSA) is 63.6 Å². The van der Waals surface area contributed by atoms with Crippen molar-refractivity contribution < 1.29 is 57.2 Å². The van der Waals surface area contributed by atoms with Crippen LogP contribution >= 0.6 is 0 Å². The van der Waals surface area contributed by atoms with Crippen LogP contribution in [0.4, 0.5) is 39.5 Å². The van der Waals surface area contributed by atoms with E-state index < -0.39 is 46.6 Å². The van der Waals surface area contributed by atoms with E-state index in [1.807, 2.05) is 0 Å². The Hall–Kier alpha value is -0.760. The van der Waals surface area contributed by atoms with Gasteiger partial charge in [-0.15, -0.1) is 0 Å². The third-order valence-electron chi connectivity index (χ3n) is 1.76. The summed E-state index contributed by atoms with van der Waals surface area (Å²) in [6.45, 7) is -2.83. The van der Waals surface area contributed by atoms with Crippen molar-refractivity contribution in [2.75, 3.05) is 13.2 Å². The van der Waals surface area contributed by atoms with E-state index in [0.29, 0.717) is 0 Å². The van der Waals surface area contributed by atoms with Crippen molar-refractivity contribution in [3.05, 3.63) is 0 Å². The van der Waals surface area contributed by atoms with Crippen molar-refractivity contribution >= 4 is 10.1 Å². The molecule has 0 aliphatic carbocycles.